The van der Waals surface area contributed by atoms with Crippen LogP contribution in [0.1, 0.15) is 25.1 Å². The number of benzene rings is 1. The maximum Gasteiger partial charge on any atom is 0.417 e. The van der Waals surface area contributed by atoms with Crippen LogP contribution in [0, 0.1) is 6.92 Å². The van der Waals surface area contributed by atoms with Crippen molar-refractivity contribution >= 4 is 28.4 Å². The number of hydrogen-bond donors (Lipinski definition) is 0. The minimum Gasteiger partial charge on any atom is -0.497 e. The summed E-state index contributed by atoms with van der Waals surface area (Å²) in [5, 5.41) is 0.263. The van der Waals surface area contributed by atoms with Crippen LogP contribution in [0.5, 0.6) is 5.75 Å². The lowest BCUT2D eigenvalue weighted by atomic mass is 9.91. The van der Waals surface area contributed by atoms with Gasteiger partial charge in [-0.3, -0.25) is 0 Å². The van der Waals surface area contributed by atoms with Crippen LogP contribution in [0.3, 0.4) is 0 Å². The first-order valence-electron chi connectivity index (χ1n) is 8.38. The van der Waals surface area contributed by atoms with E-state index in [1.54, 1.807) is 23.7 Å². The molecule has 8 heteroatoms. The molecule has 1 aliphatic heterocycles. The minimum atomic E-state index is -4.90. The molecule has 28 heavy (non-hydrogen) atoms. The molecule has 1 fully saturated rings. The Morgan fingerprint density at radius 2 is 1.71 bits per heavy atom. The predicted octanol–water partition coefficient (Wildman–Crippen LogP) is 4.23. The van der Waals surface area contributed by atoms with Gasteiger partial charge in [-0.15, -0.1) is 0 Å². The molecular formula is C20H18F3NO4. The van der Waals surface area contributed by atoms with E-state index in [0.29, 0.717) is 17.0 Å². The summed E-state index contributed by atoms with van der Waals surface area (Å²) in [5.41, 5.74) is -1.37. The molecule has 1 aromatic heterocycles. The molecule has 0 radical (unpaired) electrons. The number of fused-ring (bicyclic) bond motifs is 1. The molecule has 0 atom stereocenters. The topological polar surface area (TPSA) is 57.5 Å². The molecule has 148 valence electrons. The second kappa shape index (κ2) is 6.54. The van der Waals surface area contributed by atoms with Gasteiger partial charge < -0.3 is 14.0 Å². The van der Waals surface area contributed by atoms with Gasteiger partial charge in [-0.25, -0.2) is 9.59 Å². The van der Waals surface area contributed by atoms with Crippen molar-refractivity contribution in [3.8, 4) is 5.75 Å². The van der Waals surface area contributed by atoms with Gasteiger partial charge >= 0.3 is 18.1 Å². The number of rotatable bonds is 2. The fourth-order valence-electron chi connectivity index (χ4n) is 3.47. The van der Waals surface area contributed by atoms with Crippen LogP contribution in [0.25, 0.3) is 16.5 Å². The quantitative estimate of drug-likeness (QED) is 0.435. The fraction of sp³-hybridized carbons (Fsp3) is 0.300. The Morgan fingerprint density at radius 3 is 2.25 bits per heavy atom. The zero-order valence-electron chi connectivity index (χ0n) is 15.9. The van der Waals surface area contributed by atoms with Crippen molar-refractivity contribution in [1.29, 1.82) is 0 Å². The molecule has 0 aliphatic carbocycles. The van der Waals surface area contributed by atoms with Gasteiger partial charge in [0.1, 0.15) is 5.75 Å². The van der Waals surface area contributed by atoms with Crippen LogP contribution in [-0.4, -0.2) is 29.8 Å². The Labute approximate surface area is 159 Å². The molecular weight excluding hydrogens is 375 g/mol. The molecule has 1 aromatic carbocycles. The van der Waals surface area contributed by atoms with E-state index in [9.17, 15) is 22.8 Å². The number of methoxy groups -OCH3 is 1. The number of hydrogen-bond acceptors (Lipinski definition) is 4. The zero-order chi connectivity index (χ0) is 21.0. The van der Waals surface area contributed by atoms with E-state index in [2.05, 4.69) is 4.74 Å². The average molecular weight is 393 g/mol. The van der Waals surface area contributed by atoms with Crippen molar-refractivity contribution in [3.63, 3.8) is 0 Å². The molecule has 0 unspecified atom stereocenters. The Kier molecular flexibility index (Phi) is 4.61. The number of ether oxygens (including phenoxy) is 2. The highest BCUT2D eigenvalue weighted by molar-refractivity contribution is 6.23. The number of halogens is 3. The van der Waals surface area contributed by atoms with Gasteiger partial charge in [0.2, 0.25) is 0 Å². The number of esters is 2. The highest BCUT2D eigenvalue weighted by Gasteiger charge is 2.47. The molecule has 0 spiro atoms. The van der Waals surface area contributed by atoms with Crippen LogP contribution in [0.4, 0.5) is 13.2 Å². The van der Waals surface area contributed by atoms with Gasteiger partial charge in [0.15, 0.2) is 0 Å². The van der Waals surface area contributed by atoms with Crippen molar-refractivity contribution in [3.05, 3.63) is 46.2 Å². The maximum absolute atomic E-state index is 14.3. The Hall–Kier alpha value is -3.03. The molecule has 2 heterocycles. The van der Waals surface area contributed by atoms with Crippen molar-refractivity contribution in [2.75, 3.05) is 7.11 Å². The lowest BCUT2D eigenvalue weighted by molar-refractivity contribution is -0.150. The fourth-order valence-corrected chi connectivity index (χ4v) is 3.47. The summed E-state index contributed by atoms with van der Waals surface area (Å²) in [7, 11) is 3.04. The van der Waals surface area contributed by atoms with Gasteiger partial charge in [0, 0.05) is 29.2 Å². The summed E-state index contributed by atoms with van der Waals surface area (Å²) in [6.45, 7) is 4.45. The first-order valence-corrected chi connectivity index (χ1v) is 8.38. The Bertz CT molecular complexity index is 1080. The van der Waals surface area contributed by atoms with Gasteiger partial charge in [-0.05, 0) is 39.0 Å². The number of nitrogens with zero attached hydrogens (tertiary/aromatic N) is 1. The van der Waals surface area contributed by atoms with E-state index in [0.717, 1.165) is 0 Å². The zero-order valence-corrected chi connectivity index (χ0v) is 15.9. The van der Waals surface area contributed by atoms with Crippen LogP contribution in [0.15, 0.2) is 34.9 Å². The smallest absolute Gasteiger partial charge is 0.417 e. The third-order valence-electron chi connectivity index (χ3n) is 4.83. The molecule has 3 rings (SSSR count). The van der Waals surface area contributed by atoms with Crippen LogP contribution in [0.2, 0.25) is 0 Å². The number of aryl methyl sites for hydroxylation is 1. The van der Waals surface area contributed by atoms with Crippen LogP contribution >= 0.6 is 0 Å². The van der Waals surface area contributed by atoms with E-state index in [-0.39, 0.29) is 22.1 Å². The monoisotopic (exact) mass is 393 g/mol. The van der Waals surface area contributed by atoms with Crippen molar-refractivity contribution in [1.82, 2.24) is 4.57 Å². The predicted molar refractivity (Wildman–Crippen MR) is 96.7 cm³/mol. The van der Waals surface area contributed by atoms with E-state index in [1.165, 1.54) is 33.9 Å². The second-order valence-corrected chi connectivity index (χ2v) is 6.70. The lowest BCUT2D eigenvalue weighted by Crippen LogP contribution is -2.17. The highest BCUT2D eigenvalue weighted by Crippen LogP contribution is 2.46. The Morgan fingerprint density at radius 1 is 1.11 bits per heavy atom. The van der Waals surface area contributed by atoms with E-state index < -0.39 is 29.3 Å². The molecule has 0 saturated carbocycles. The summed E-state index contributed by atoms with van der Waals surface area (Å²) in [4.78, 5) is 24.3. The lowest BCUT2D eigenvalue weighted by Gasteiger charge is -2.15. The Balaban J connectivity index is 2.54. The summed E-state index contributed by atoms with van der Waals surface area (Å²) in [5.74, 6) is -2.00. The third kappa shape index (κ3) is 2.89. The summed E-state index contributed by atoms with van der Waals surface area (Å²) in [6, 6.07) is 4.76. The van der Waals surface area contributed by atoms with Crippen molar-refractivity contribution in [2.24, 2.45) is 7.05 Å². The average Bonchev–Trinajstić information content (AvgIpc) is 3.02. The largest absolute Gasteiger partial charge is 0.497 e. The number of aromatic nitrogens is 1. The molecule has 1 saturated heterocycles. The third-order valence-corrected chi connectivity index (χ3v) is 4.83. The molecule has 5 nitrogen and oxygen atoms in total. The SMILES string of the molecule is COc1ccc2c(c1)c(/C(=C1\C(=O)OC(=O)C1=C(C)C)C(F)(F)F)c(C)n2C. The molecule has 2 aromatic rings. The summed E-state index contributed by atoms with van der Waals surface area (Å²) in [6.07, 6.45) is -4.90. The van der Waals surface area contributed by atoms with Crippen molar-refractivity contribution < 1.29 is 32.2 Å². The highest BCUT2D eigenvalue weighted by atomic mass is 19.4. The molecule has 0 bridgehead atoms. The number of allylic oxidation sites excluding steroid dienone is 2. The standard InChI is InChI=1S/C20H18F3NO4/c1-9(2)14-16(19(26)28-18(14)25)17(20(21,22)23)15-10(3)24(4)13-7-6-11(27-5)8-12(13)15/h6-8H,1-5H3/b17-16+. The number of carbonyl (C=O) groups excluding carboxylic acids is 2. The summed E-state index contributed by atoms with van der Waals surface area (Å²) >= 11 is 0. The second-order valence-electron chi connectivity index (χ2n) is 6.70. The normalized spacial score (nSPS) is 16.6. The first kappa shape index (κ1) is 19.7. The van der Waals surface area contributed by atoms with Gasteiger partial charge in [0.05, 0.1) is 23.8 Å². The number of alkyl halides is 3. The van der Waals surface area contributed by atoms with E-state index >= 15 is 0 Å². The van der Waals surface area contributed by atoms with Gasteiger partial charge in [-0.1, -0.05) is 5.57 Å². The summed E-state index contributed by atoms with van der Waals surface area (Å²) < 4.78 is 54.0. The molecule has 1 aliphatic rings. The van der Waals surface area contributed by atoms with Crippen molar-refractivity contribution in [2.45, 2.75) is 26.9 Å². The van der Waals surface area contributed by atoms with Crippen LogP contribution < -0.4 is 4.74 Å². The van der Waals surface area contributed by atoms with Crippen LogP contribution in [-0.2, 0) is 21.4 Å². The van der Waals surface area contributed by atoms with Gasteiger partial charge in [0.25, 0.3) is 0 Å². The van der Waals surface area contributed by atoms with E-state index in [1.807, 2.05) is 0 Å². The number of cyclic esters (lactones) is 2. The maximum atomic E-state index is 14.3. The van der Waals surface area contributed by atoms with E-state index in [4.69, 9.17) is 4.74 Å². The molecule has 0 N–H and O–H groups in total. The van der Waals surface area contributed by atoms with Gasteiger partial charge in [-0.2, -0.15) is 13.2 Å². The minimum absolute atomic E-state index is 0.177. The molecule has 0 amide bonds. The first-order chi connectivity index (χ1) is 13.0. The number of carbonyl (C=O) groups is 2.